The summed E-state index contributed by atoms with van der Waals surface area (Å²) >= 11 is 5.99. The molecular formula is C15H21ClN2O. The lowest BCUT2D eigenvalue weighted by Crippen LogP contribution is -2.41. The molecule has 1 amide bonds. The minimum Gasteiger partial charge on any atom is -0.339 e. The zero-order valence-electron chi connectivity index (χ0n) is 11.5. The van der Waals surface area contributed by atoms with E-state index in [4.69, 9.17) is 17.3 Å². The number of nitrogens with zero attached hydrogens (tertiary/aromatic N) is 1. The van der Waals surface area contributed by atoms with Gasteiger partial charge in [-0.15, -0.1) is 0 Å². The van der Waals surface area contributed by atoms with Gasteiger partial charge in [-0.2, -0.15) is 0 Å². The van der Waals surface area contributed by atoms with E-state index >= 15 is 0 Å². The van der Waals surface area contributed by atoms with Crippen molar-refractivity contribution in [2.75, 3.05) is 7.05 Å². The molecule has 1 aliphatic carbocycles. The SMILES string of the molecule is Cc1cc(C(=O)N(C)C2CCC(N)CC2)ccc1Cl. The predicted octanol–water partition coefficient (Wildman–Crippen LogP) is 2.99. The quantitative estimate of drug-likeness (QED) is 0.905. The van der Waals surface area contributed by atoms with E-state index in [9.17, 15) is 4.79 Å². The zero-order valence-corrected chi connectivity index (χ0v) is 12.3. The molecule has 0 aliphatic heterocycles. The Bertz CT molecular complexity index is 467. The number of benzene rings is 1. The van der Waals surface area contributed by atoms with Gasteiger partial charge < -0.3 is 10.6 Å². The summed E-state index contributed by atoms with van der Waals surface area (Å²) in [5, 5.41) is 0.697. The fourth-order valence-corrected chi connectivity index (χ4v) is 2.75. The van der Waals surface area contributed by atoms with Crippen LogP contribution in [0.5, 0.6) is 0 Å². The van der Waals surface area contributed by atoms with Crippen LogP contribution in [-0.2, 0) is 0 Å². The molecule has 104 valence electrons. The van der Waals surface area contributed by atoms with Crippen LogP contribution in [0.15, 0.2) is 18.2 Å². The van der Waals surface area contributed by atoms with Crippen molar-refractivity contribution in [3.8, 4) is 0 Å². The summed E-state index contributed by atoms with van der Waals surface area (Å²) in [6.45, 7) is 1.92. The lowest BCUT2D eigenvalue weighted by atomic mass is 9.90. The predicted molar refractivity (Wildman–Crippen MR) is 78.5 cm³/mol. The summed E-state index contributed by atoms with van der Waals surface area (Å²) < 4.78 is 0. The number of carbonyl (C=O) groups is 1. The van der Waals surface area contributed by atoms with Gasteiger partial charge in [-0.05, 0) is 56.4 Å². The third-order valence-corrected chi connectivity index (χ3v) is 4.44. The second-order valence-electron chi connectivity index (χ2n) is 5.45. The van der Waals surface area contributed by atoms with Gasteiger partial charge in [0.25, 0.3) is 5.91 Å². The lowest BCUT2D eigenvalue weighted by molar-refractivity contribution is 0.0690. The Hall–Kier alpha value is -1.06. The smallest absolute Gasteiger partial charge is 0.253 e. The van der Waals surface area contributed by atoms with E-state index in [0.717, 1.165) is 31.2 Å². The Balaban J connectivity index is 2.08. The van der Waals surface area contributed by atoms with Gasteiger partial charge in [-0.1, -0.05) is 11.6 Å². The van der Waals surface area contributed by atoms with Crippen molar-refractivity contribution in [1.82, 2.24) is 4.90 Å². The molecule has 1 aromatic carbocycles. The summed E-state index contributed by atoms with van der Waals surface area (Å²) in [7, 11) is 1.88. The standard InChI is InChI=1S/C15H21ClN2O/c1-10-9-11(3-8-14(10)16)15(19)18(2)13-6-4-12(17)5-7-13/h3,8-9,12-13H,4-7,17H2,1-2H3. The summed E-state index contributed by atoms with van der Waals surface area (Å²) in [6, 6.07) is 6.05. The molecule has 19 heavy (non-hydrogen) atoms. The van der Waals surface area contributed by atoms with E-state index in [0.29, 0.717) is 22.7 Å². The van der Waals surface area contributed by atoms with Gasteiger partial charge in [0.05, 0.1) is 0 Å². The van der Waals surface area contributed by atoms with Crippen LogP contribution in [0.1, 0.15) is 41.6 Å². The second-order valence-corrected chi connectivity index (χ2v) is 5.86. The monoisotopic (exact) mass is 280 g/mol. The normalized spacial score (nSPS) is 23.2. The Morgan fingerprint density at radius 3 is 2.53 bits per heavy atom. The maximum Gasteiger partial charge on any atom is 0.253 e. The van der Waals surface area contributed by atoms with Crippen molar-refractivity contribution >= 4 is 17.5 Å². The van der Waals surface area contributed by atoms with E-state index in [2.05, 4.69) is 0 Å². The average molecular weight is 281 g/mol. The number of hydrogen-bond donors (Lipinski definition) is 1. The third kappa shape index (κ3) is 3.28. The van der Waals surface area contributed by atoms with Crippen molar-refractivity contribution in [1.29, 1.82) is 0 Å². The molecule has 0 bridgehead atoms. The van der Waals surface area contributed by atoms with E-state index in [-0.39, 0.29) is 5.91 Å². The van der Waals surface area contributed by atoms with E-state index in [1.807, 2.05) is 24.9 Å². The van der Waals surface area contributed by atoms with Crippen LogP contribution in [-0.4, -0.2) is 29.9 Å². The van der Waals surface area contributed by atoms with Gasteiger partial charge in [-0.3, -0.25) is 4.79 Å². The molecule has 3 nitrogen and oxygen atoms in total. The fraction of sp³-hybridized carbons (Fsp3) is 0.533. The largest absolute Gasteiger partial charge is 0.339 e. The molecule has 1 aromatic rings. The second kappa shape index (κ2) is 5.93. The molecule has 0 spiro atoms. The van der Waals surface area contributed by atoms with Crippen LogP contribution in [0, 0.1) is 6.92 Å². The molecule has 0 radical (unpaired) electrons. The van der Waals surface area contributed by atoms with Crippen molar-refractivity contribution in [2.45, 2.75) is 44.7 Å². The van der Waals surface area contributed by atoms with Gasteiger partial charge in [0.15, 0.2) is 0 Å². The van der Waals surface area contributed by atoms with Gasteiger partial charge in [0.2, 0.25) is 0 Å². The van der Waals surface area contributed by atoms with Crippen LogP contribution in [0.3, 0.4) is 0 Å². The van der Waals surface area contributed by atoms with Crippen molar-refractivity contribution in [2.24, 2.45) is 5.73 Å². The Morgan fingerprint density at radius 1 is 1.32 bits per heavy atom. The van der Waals surface area contributed by atoms with E-state index < -0.39 is 0 Å². The molecule has 0 saturated heterocycles. The van der Waals surface area contributed by atoms with E-state index in [1.165, 1.54) is 0 Å². The van der Waals surface area contributed by atoms with Gasteiger partial charge in [0.1, 0.15) is 0 Å². The van der Waals surface area contributed by atoms with E-state index in [1.54, 1.807) is 12.1 Å². The molecule has 4 heteroatoms. The number of hydrogen-bond acceptors (Lipinski definition) is 2. The molecule has 1 saturated carbocycles. The zero-order chi connectivity index (χ0) is 14.0. The number of rotatable bonds is 2. The molecular weight excluding hydrogens is 260 g/mol. The Kier molecular flexibility index (Phi) is 4.48. The van der Waals surface area contributed by atoms with Crippen LogP contribution in [0.4, 0.5) is 0 Å². The molecule has 0 aromatic heterocycles. The minimum absolute atomic E-state index is 0.0697. The van der Waals surface area contributed by atoms with Crippen LogP contribution in [0.2, 0.25) is 5.02 Å². The minimum atomic E-state index is 0.0697. The summed E-state index contributed by atoms with van der Waals surface area (Å²) in [5.41, 5.74) is 7.55. The van der Waals surface area contributed by atoms with Crippen molar-refractivity contribution < 1.29 is 4.79 Å². The van der Waals surface area contributed by atoms with Crippen LogP contribution < -0.4 is 5.73 Å². The summed E-state index contributed by atoms with van der Waals surface area (Å²) in [5.74, 6) is 0.0697. The third-order valence-electron chi connectivity index (χ3n) is 4.01. The molecule has 1 fully saturated rings. The highest BCUT2D eigenvalue weighted by atomic mass is 35.5. The maximum atomic E-state index is 12.4. The topological polar surface area (TPSA) is 46.3 Å². The van der Waals surface area contributed by atoms with Crippen LogP contribution >= 0.6 is 11.6 Å². The molecule has 2 rings (SSSR count). The Labute approximate surface area is 119 Å². The Morgan fingerprint density at radius 2 is 1.95 bits per heavy atom. The summed E-state index contributed by atoms with van der Waals surface area (Å²) in [6.07, 6.45) is 4.00. The molecule has 1 aliphatic rings. The number of nitrogens with two attached hydrogens (primary N) is 1. The van der Waals surface area contributed by atoms with Gasteiger partial charge in [-0.25, -0.2) is 0 Å². The fourth-order valence-electron chi connectivity index (χ4n) is 2.64. The highest BCUT2D eigenvalue weighted by Gasteiger charge is 2.25. The number of amides is 1. The number of carbonyl (C=O) groups excluding carboxylic acids is 1. The first-order valence-corrected chi connectivity index (χ1v) is 7.15. The van der Waals surface area contributed by atoms with Crippen molar-refractivity contribution in [3.05, 3.63) is 34.3 Å². The first-order chi connectivity index (χ1) is 8.99. The van der Waals surface area contributed by atoms with Gasteiger partial charge >= 0.3 is 0 Å². The molecule has 0 unspecified atom stereocenters. The highest BCUT2D eigenvalue weighted by Crippen LogP contribution is 2.23. The molecule has 2 N–H and O–H groups in total. The lowest BCUT2D eigenvalue weighted by Gasteiger charge is -2.33. The molecule has 0 atom stereocenters. The number of aryl methyl sites for hydroxylation is 1. The average Bonchev–Trinajstić information content (AvgIpc) is 2.41. The maximum absolute atomic E-state index is 12.4. The van der Waals surface area contributed by atoms with Crippen LogP contribution in [0.25, 0.3) is 0 Å². The number of halogens is 1. The van der Waals surface area contributed by atoms with Crippen molar-refractivity contribution in [3.63, 3.8) is 0 Å². The first kappa shape index (κ1) is 14.4. The first-order valence-electron chi connectivity index (χ1n) is 6.78. The molecule has 0 heterocycles. The van der Waals surface area contributed by atoms with Gasteiger partial charge in [0, 0.05) is 29.7 Å². The highest BCUT2D eigenvalue weighted by molar-refractivity contribution is 6.31. The summed E-state index contributed by atoms with van der Waals surface area (Å²) in [4.78, 5) is 14.3.